The number of anilines is 2. The van der Waals surface area contributed by atoms with E-state index < -0.39 is 0 Å². The minimum atomic E-state index is 0.00637. The summed E-state index contributed by atoms with van der Waals surface area (Å²) in [4.78, 5) is 27.5. The zero-order chi connectivity index (χ0) is 19.5. The molecule has 1 saturated heterocycles. The van der Waals surface area contributed by atoms with E-state index in [2.05, 4.69) is 30.3 Å². The fourth-order valence-corrected chi connectivity index (χ4v) is 3.57. The molecule has 1 fully saturated rings. The number of amides is 1. The fraction of sp³-hybridized carbons (Fsp3) is 0.350. The lowest BCUT2D eigenvalue weighted by atomic mass is 9.95. The number of benzene rings is 1. The summed E-state index contributed by atoms with van der Waals surface area (Å²) in [5.41, 5.74) is 3.11. The third-order valence-electron chi connectivity index (χ3n) is 5.21. The zero-order valence-corrected chi connectivity index (χ0v) is 16.0. The van der Waals surface area contributed by atoms with Crippen LogP contribution in [0.3, 0.4) is 0 Å². The first-order valence-corrected chi connectivity index (χ1v) is 9.41. The van der Waals surface area contributed by atoms with Crippen molar-refractivity contribution < 1.29 is 4.79 Å². The molecule has 4 rings (SSSR count). The number of carbonyl (C=O) groups is 1. The second-order valence-electron chi connectivity index (χ2n) is 7.09. The van der Waals surface area contributed by atoms with E-state index in [0.29, 0.717) is 5.82 Å². The second-order valence-corrected chi connectivity index (χ2v) is 7.09. The van der Waals surface area contributed by atoms with Gasteiger partial charge in [-0.05, 0) is 37.8 Å². The van der Waals surface area contributed by atoms with Crippen molar-refractivity contribution in [1.29, 1.82) is 0 Å². The van der Waals surface area contributed by atoms with Crippen LogP contribution in [-0.4, -0.2) is 43.7 Å². The Balaban J connectivity index is 1.40. The molecule has 1 amide bonds. The Morgan fingerprint density at radius 1 is 1.07 bits per heavy atom. The molecule has 1 aliphatic rings. The number of piperidine rings is 1. The highest BCUT2D eigenvalue weighted by Gasteiger charge is 2.26. The Bertz CT molecular complexity index is 942. The van der Waals surface area contributed by atoms with Crippen LogP contribution in [-0.2, 0) is 4.79 Å². The standard InChI is InChI=1S/C20H23N7O/c1-14-4-3-5-15(2)19(14)25-20(28)16-6-8-26(9-7-16)17-10-18(23-12-22-17)27-13-21-11-24-27/h3-5,10-13,16H,6-9H2,1-2H3,(H,25,28). The fourth-order valence-electron chi connectivity index (χ4n) is 3.57. The maximum Gasteiger partial charge on any atom is 0.227 e. The van der Waals surface area contributed by atoms with Gasteiger partial charge in [0.2, 0.25) is 5.91 Å². The molecular formula is C20H23N7O. The second kappa shape index (κ2) is 7.75. The van der Waals surface area contributed by atoms with Gasteiger partial charge in [-0.3, -0.25) is 4.79 Å². The molecule has 0 spiro atoms. The van der Waals surface area contributed by atoms with Crippen molar-refractivity contribution in [2.75, 3.05) is 23.3 Å². The average molecular weight is 377 g/mol. The molecule has 0 radical (unpaired) electrons. The molecular weight excluding hydrogens is 354 g/mol. The van der Waals surface area contributed by atoms with Gasteiger partial charge in [-0.2, -0.15) is 5.10 Å². The summed E-state index contributed by atoms with van der Waals surface area (Å²) in [6.07, 6.45) is 6.20. The quantitative estimate of drug-likeness (QED) is 0.752. The number of hydrogen-bond acceptors (Lipinski definition) is 6. The summed E-state index contributed by atoms with van der Waals surface area (Å²) in [7, 11) is 0. The van der Waals surface area contributed by atoms with E-state index in [1.807, 2.05) is 38.1 Å². The molecule has 0 atom stereocenters. The number of aromatic nitrogens is 5. The van der Waals surface area contributed by atoms with Crippen molar-refractivity contribution in [3.05, 3.63) is 54.4 Å². The van der Waals surface area contributed by atoms with Gasteiger partial charge in [0.05, 0.1) is 0 Å². The predicted molar refractivity (Wildman–Crippen MR) is 106 cm³/mol. The van der Waals surface area contributed by atoms with E-state index in [9.17, 15) is 4.79 Å². The lowest BCUT2D eigenvalue weighted by molar-refractivity contribution is -0.120. The summed E-state index contributed by atoms with van der Waals surface area (Å²) in [5.74, 6) is 1.63. The van der Waals surface area contributed by atoms with Crippen LogP contribution in [0.25, 0.3) is 5.82 Å². The third kappa shape index (κ3) is 3.71. The van der Waals surface area contributed by atoms with E-state index in [0.717, 1.165) is 48.6 Å². The molecule has 144 valence electrons. The first-order valence-electron chi connectivity index (χ1n) is 9.41. The summed E-state index contributed by atoms with van der Waals surface area (Å²) in [6.45, 7) is 5.59. The Morgan fingerprint density at radius 2 is 1.79 bits per heavy atom. The summed E-state index contributed by atoms with van der Waals surface area (Å²) in [6, 6.07) is 7.94. The molecule has 1 aliphatic heterocycles. The highest BCUT2D eigenvalue weighted by atomic mass is 16.1. The van der Waals surface area contributed by atoms with Gasteiger partial charge >= 0.3 is 0 Å². The Labute approximate surface area is 163 Å². The Hall–Kier alpha value is -3.29. The zero-order valence-electron chi connectivity index (χ0n) is 16.0. The summed E-state index contributed by atoms with van der Waals surface area (Å²) >= 11 is 0. The molecule has 0 saturated carbocycles. The summed E-state index contributed by atoms with van der Waals surface area (Å²) in [5, 5.41) is 7.23. The van der Waals surface area contributed by atoms with E-state index in [4.69, 9.17) is 0 Å². The average Bonchev–Trinajstić information content (AvgIpc) is 3.26. The predicted octanol–water partition coefficient (Wildman–Crippen LogP) is 2.53. The van der Waals surface area contributed by atoms with Gasteiger partial charge in [0.15, 0.2) is 5.82 Å². The molecule has 2 aromatic heterocycles. The van der Waals surface area contributed by atoms with Crippen molar-refractivity contribution >= 4 is 17.4 Å². The number of para-hydroxylation sites is 1. The number of rotatable bonds is 4. The molecule has 3 aromatic rings. The molecule has 1 aromatic carbocycles. The number of carbonyl (C=O) groups excluding carboxylic acids is 1. The molecule has 0 unspecified atom stereocenters. The van der Waals surface area contributed by atoms with Gasteiger partial charge in [-0.1, -0.05) is 18.2 Å². The topological polar surface area (TPSA) is 88.8 Å². The maximum absolute atomic E-state index is 12.8. The van der Waals surface area contributed by atoms with Crippen LogP contribution in [0, 0.1) is 19.8 Å². The Morgan fingerprint density at radius 3 is 2.46 bits per heavy atom. The van der Waals surface area contributed by atoms with E-state index in [1.165, 1.54) is 12.7 Å². The van der Waals surface area contributed by atoms with Crippen LogP contribution in [0.4, 0.5) is 11.5 Å². The van der Waals surface area contributed by atoms with Crippen LogP contribution in [0.5, 0.6) is 0 Å². The SMILES string of the molecule is Cc1cccc(C)c1NC(=O)C1CCN(c2cc(-n3cncn3)ncn2)CC1. The third-order valence-corrected chi connectivity index (χ3v) is 5.21. The van der Waals surface area contributed by atoms with Crippen LogP contribution in [0.1, 0.15) is 24.0 Å². The van der Waals surface area contributed by atoms with Crippen LogP contribution < -0.4 is 10.2 Å². The monoisotopic (exact) mass is 377 g/mol. The highest BCUT2D eigenvalue weighted by Crippen LogP contribution is 2.25. The van der Waals surface area contributed by atoms with Crippen molar-refractivity contribution in [2.24, 2.45) is 5.92 Å². The number of aryl methyl sites for hydroxylation is 2. The minimum absolute atomic E-state index is 0.00637. The normalized spacial score (nSPS) is 14.9. The van der Waals surface area contributed by atoms with Crippen molar-refractivity contribution in [3.63, 3.8) is 0 Å². The molecule has 1 N–H and O–H groups in total. The van der Waals surface area contributed by atoms with E-state index >= 15 is 0 Å². The molecule has 0 bridgehead atoms. The first-order chi connectivity index (χ1) is 13.6. The molecule has 8 heteroatoms. The van der Waals surface area contributed by atoms with Gasteiger partial charge < -0.3 is 10.2 Å². The van der Waals surface area contributed by atoms with E-state index in [-0.39, 0.29) is 11.8 Å². The highest BCUT2D eigenvalue weighted by molar-refractivity contribution is 5.94. The number of nitrogens with zero attached hydrogens (tertiary/aromatic N) is 6. The van der Waals surface area contributed by atoms with Gasteiger partial charge in [0.25, 0.3) is 0 Å². The lowest BCUT2D eigenvalue weighted by Gasteiger charge is -2.32. The Kier molecular flexibility index (Phi) is 5.01. The van der Waals surface area contributed by atoms with Crippen molar-refractivity contribution in [3.8, 4) is 5.82 Å². The van der Waals surface area contributed by atoms with Crippen LogP contribution >= 0.6 is 0 Å². The van der Waals surface area contributed by atoms with Crippen LogP contribution in [0.2, 0.25) is 0 Å². The van der Waals surface area contributed by atoms with Gasteiger partial charge in [-0.15, -0.1) is 0 Å². The maximum atomic E-state index is 12.8. The van der Waals surface area contributed by atoms with Gasteiger partial charge in [0.1, 0.15) is 24.8 Å². The molecule has 3 heterocycles. The number of nitrogens with one attached hydrogen (secondary N) is 1. The smallest absolute Gasteiger partial charge is 0.227 e. The lowest BCUT2D eigenvalue weighted by Crippen LogP contribution is -2.38. The number of hydrogen-bond donors (Lipinski definition) is 1. The minimum Gasteiger partial charge on any atom is -0.356 e. The van der Waals surface area contributed by atoms with Gasteiger partial charge in [0, 0.05) is 30.8 Å². The molecule has 28 heavy (non-hydrogen) atoms. The van der Waals surface area contributed by atoms with Gasteiger partial charge in [-0.25, -0.2) is 19.6 Å². The first kappa shape index (κ1) is 18.1. The van der Waals surface area contributed by atoms with E-state index in [1.54, 1.807) is 11.0 Å². The van der Waals surface area contributed by atoms with Crippen molar-refractivity contribution in [2.45, 2.75) is 26.7 Å². The molecule has 0 aliphatic carbocycles. The van der Waals surface area contributed by atoms with Crippen molar-refractivity contribution in [1.82, 2.24) is 24.7 Å². The largest absolute Gasteiger partial charge is 0.356 e. The molecule has 8 nitrogen and oxygen atoms in total. The van der Waals surface area contributed by atoms with Crippen LogP contribution in [0.15, 0.2) is 43.2 Å². The summed E-state index contributed by atoms with van der Waals surface area (Å²) < 4.78 is 1.61.